The quantitative estimate of drug-likeness (QED) is 0.904. The molecule has 0 amide bonds. The molecule has 1 atom stereocenters. The number of halogens is 3. The summed E-state index contributed by atoms with van der Waals surface area (Å²) in [6.45, 7) is 1.08. The molecule has 0 fully saturated rings. The molecule has 1 unspecified atom stereocenters. The SMILES string of the molecule is NCCCC1=NC(Cc2ccc(C(F)(F)F)cc2)CO1. The molecule has 1 aliphatic heterocycles. The van der Waals surface area contributed by atoms with Crippen LogP contribution in [0, 0.1) is 0 Å². The summed E-state index contributed by atoms with van der Waals surface area (Å²) in [5.74, 6) is 0.701. The lowest BCUT2D eigenvalue weighted by Gasteiger charge is -2.08. The van der Waals surface area contributed by atoms with Gasteiger partial charge in [0.15, 0.2) is 5.90 Å². The molecule has 0 bridgehead atoms. The molecule has 1 heterocycles. The minimum atomic E-state index is -4.29. The molecule has 0 aliphatic carbocycles. The average molecular weight is 286 g/mol. The second-order valence-corrected chi connectivity index (χ2v) is 4.78. The highest BCUT2D eigenvalue weighted by Gasteiger charge is 2.30. The van der Waals surface area contributed by atoms with E-state index in [9.17, 15) is 13.2 Å². The first-order chi connectivity index (χ1) is 9.49. The van der Waals surface area contributed by atoms with Gasteiger partial charge in [-0.1, -0.05) is 12.1 Å². The van der Waals surface area contributed by atoms with Crippen LogP contribution in [0.2, 0.25) is 0 Å². The number of benzene rings is 1. The van der Waals surface area contributed by atoms with Crippen molar-refractivity contribution in [2.45, 2.75) is 31.5 Å². The Bertz CT molecular complexity index is 468. The van der Waals surface area contributed by atoms with Gasteiger partial charge in [0.25, 0.3) is 0 Å². The zero-order valence-electron chi connectivity index (χ0n) is 11.0. The van der Waals surface area contributed by atoms with Crippen LogP contribution < -0.4 is 5.73 Å². The van der Waals surface area contributed by atoms with E-state index in [0.717, 1.165) is 30.5 Å². The number of rotatable bonds is 5. The summed E-state index contributed by atoms with van der Waals surface area (Å²) in [4.78, 5) is 4.41. The molecule has 1 aromatic carbocycles. The predicted octanol–water partition coefficient (Wildman–Crippen LogP) is 2.78. The van der Waals surface area contributed by atoms with Crippen molar-refractivity contribution in [1.29, 1.82) is 0 Å². The van der Waals surface area contributed by atoms with Crippen molar-refractivity contribution in [2.75, 3.05) is 13.2 Å². The van der Waals surface area contributed by atoms with E-state index in [1.54, 1.807) is 0 Å². The van der Waals surface area contributed by atoms with E-state index in [1.165, 1.54) is 12.1 Å². The van der Waals surface area contributed by atoms with Crippen LogP contribution in [-0.4, -0.2) is 25.1 Å². The first kappa shape index (κ1) is 14.8. The van der Waals surface area contributed by atoms with Crippen LogP contribution in [0.25, 0.3) is 0 Å². The van der Waals surface area contributed by atoms with Crippen molar-refractivity contribution >= 4 is 5.90 Å². The van der Waals surface area contributed by atoms with E-state index in [4.69, 9.17) is 10.5 Å². The van der Waals surface area contributed by atoms with Crippen LogP contribution >= 0.6 is 0 Å². The van der Waals surface area contributed by atoms with Gasteiger partial charge in [0.05, 0.1) is 11.6 Å². The molecule has 110 valence electrons. The highest BCUT2D eigenvalue weighted by Crippen LogP contribution is 2.29. The maximum absolute atomic E-state index is 12.4. The second-order valence-electron chi connectivity index (χ2n) is 4.78. The lowest BCUT2D eigenvalue weighted by Crippen LogP contribution is -2.10. The van der Waals surface area contributed by atoms with Crippen molar-refractivity contribution in [2.24, 2.45) is 10.7 Å². The normalized spacial score (nSPS) is 18.8. The minimum absolute atomic E-state index is 0.0143. The predicted molar refractivity (Wildman–Crippen MR) is 70.6 cm³/mol. The van der Waals surface area contributed by atoms with E-state index in [0.29, 0.717) is 25.5 Å². The third kappa shape index (κ3) is 3.96. The molecule has 0 aromatic heterocycles. The van der Waals surface area contributed by atoms with E-state index >= 15 is 0 Å². The van der Waals surface area contributed by atoms with E-state index in [-0.39, 0.29) is 6.04 Å². The zero-order chi connectivity index (χ0) is 14.6. The van der Waals surface area contributed by atoms with E-state index < -0.39 is 11.7 Å². The lowest BCUT2D eigenvalue weighted by atomic mass is 10.0. The van der Waals surface area contributed by atoms with Crippen molar-refractivity contribution in [1.82, 2.24) is 0 Å². The van der Waals surface area contributed by atoms with Gasteiger partial charge in [-0.25, -0.2) is 4.99 Å². The Hall–Kier alpha value is -1.56. The molecular weight excluding hydrogens is 269 g/mol. The summed E-state index contributed by atoms with van der Waals surface area (Å²) in [5, 5.41) is 0. The number of nitrogens with two attached hydrogens (primary N) is 1. The van der Waals surface area contributed by atoms with Gasteiger partial charge in [0.1, 0.15) is 6.61 Å². The van der Waals surface area contributed by atoms with E-state index in [1.807, 2.05) is 0 Å². The first-order valence-electron chi connectivity index (χ1n) is 6.54. The van der Waals surface area contributed by atoms with Gasteiger partial charge in [-0.15, -0.1) is 0 Å². The molecule has 0 saturated carbocycles. The Labute approximate surface area is 115 Å². The second kappa shape index (κ2) is 6.26. The summed E-state index contributed by atoms with van der Waals surface area (Å²) in [7, 11) is 0. The highest BCUT2D eigenvalue weighted by molar-refractivity contribution is 5.77. The maximum Gasteiger partial charge on any atom is 0.416 e. The third-order valence-electron chi connectivity index (χ3n) is 3.12. The number of alkyl halides is 3. The fraction of sp³-hybridized carbons (Fsp3) is 0.500. The van der Waals surface area contributed by atoms with Crippen LogP contribution in [0.4, 0.5) is 13.2 Å². The van der Waals surface area contributed by atoms with Gasteiger partial charge < -0.3 is 10.5 Å². The van der Waals surface area contributed by atoms with Crippen LogP contribution in [0.5, 0.6) is 0 Å². The summed E-state index contributed by atoms with van der Waals surface area (Å²) in [6, 6.07) is 5.18. The third-order valence-corrected chi connectivity index (χ3v) is 3.12. The molecule has 3 nitrogen and oxygen atoms in total. The van der Waals surface area contributed by atoms with E-state index in [2.05, 4.69) is 4.99 Å². The summed E-state index contributed by atoms with van der Waals surface area (Å²) >= 11 is 0. The van der Waals surface area contributed by atoms with Crippen LogP contribution in [0.1, 0.15) is 24.0 Å². The Morgan fingerprint density at radius 3 is 2.55 bits per heavy atom. The van der Waals surface area contributed by atoms with Crippen LogP contribution in [0.15, 0.2) is 29.3 Å². The molecule has 1 aromatic rings. The zero-order valence-corrected chi connectivity index (χ0v) is 11.0. The number of ether oxygens (including phenoxy) is 1. The maximum atomic E-state index is 12.4. The van der Waals surface area contributed by atoms with Gasteiger partial charge in [-0.2, -0.15) is 13.2 Å². The van der Waals surface area contributed by atoms with Gasteiger partial charge in [0, 0.05) is 6.42 Å². The fourth-order valence-electron chi connectivity index (χ4n) is 2.07. The van der Waals surface area contributed by atoms with Crippen molar-refractivity contribution in [3.63, 3.8) is 0 Å². The molecular formula is C14H17F3N2O. The first-order valence-corrected chi connectivity index (χ1v) is 6.54. The summed E-state index contributed by atoms with van der Waals surface area (Å²) < 4.78 is 42.8. The Balaban J connectivity index is 1.93. The van der Waals surface area contributed by atoms with Gasteiger partial charge in [0.2, 0.25) is 0 Å². The molecule has 6 heteroatoms. The average Bonchev–Trinajstić information content (AvgIpc) is 2.83. The fourth-order valence-corrected chi connectivity index (χ4v) is 2.07. The van der Waals surface area contributed by atoms with Gasteiger partial charge in [-0.3, -0.25) is 0 Å². The van der Waals surface area contributed by atoms with Crippen LogP contribution in [0.3, 0.4) is 0 Å². The van der Waals surface area contributed by atoms with Gasteiger partial charge >= 0.3 is 6.18 Å². The van der Waals surface area contributed by atoms with Crippen molar-refractivity contribution in [3.8, 4) is 0 Å². The minimum Gasteiger partial charge on any atom is -0.479 e. The Morgan fingerprint density at radius 1 is 1.25 bits per heavy atom. The number of aliphatic imine (C=N–C) groups is 1. The molecule has 0 radical (unpaired) electrons. The monoisotopic (exact) mass is 286 g/mol. The molecule has 20 heavy (non-hydrogen) atoms. The number of nitrogens with zero attached hydrogens (tertiary/aromatic N) is 1. The lowest BCUT2D eigenvalue weighted by molar-refractivity contribution is -0.137. The summed E-state index contributed by atoms with van der Waals surface area (Å²) in [6.07, 6.45) is -2.15. The molecule has 2 N–H and O–H groups in total. The van der Waals surface area contributed by atoms with Crippen molar-refractivity contribution in [3.05, 3.63) is 35.4 Å². The largest absolute Gasteiger partial charge is 0.479 e. The smallest absolute Gasteiger partial charge is 0.416 e. The van der Waals surface area contributed by atoms with Crippen molar-refractivity contribution < 1.29 is 17.9 Å². The highest BCUT2D eigenvalue weighted by atomic mass is 19.4. The standard InChI is InChI=1S/C14H17F3N2O/c15-14(16,17)11-5-3-10(4-6-11)8-12-9-20-13(19-12)2-1-7-18/h3-6,12H,1-2,7-9,18H2. The topological polar surface area (TPSA) is 47.6 Å². The molecule has 0 saturated heterocycles. The molecule has 2 rings (SSSR count). The van der Waals surface area contributed by atoms with Crippen LogP contribution in [-0.2, 0) is 17.3 Å². The molecule has 1 aliphatic rings. The number of hydrogen-bond donors (Lipinski definition) is 1. The number of hydrogen-bond acceptors (Lipinski definition) is 3. The molecule has 0 spiro atoms. The summed E-state index contributed by atoms with van der Waals surface area (Å²) in [5.41, 5.74) is 5.61. The Kier molecular flexibility index (Phi) is 4.65. The van der Waals surface area contributed by atoms with Gasteiger partial charge in [-0.05, 0) is 37.1 Å². The Morgan fingerprint density at radius 2 is 1.95 bits per heavy atom.